The Kier molecular flexibility index (Phi) is 5.36. The lowest BCUT2D eigenvalue weighted by molar-refractivity contribution is -0.128. The van der Waals surface area contributed by atoms with Gasteiger partial charge in [0.1, 0.15) is 6.61 Å². The molecule has 0 unspecified atom stereocenters. The first-order chi connectivity index (χ1) is 9.56. The molecular weight excluding hydrogens is 304 g/mol. The summed E-state index contributed by atoms with van der Waals surface area (Å²) in [7, 11) is 0. The van der Waals surface area contributed by atoms with Gasteiger partial charge in [-0.05, 0) is 18.6 Å². The lowest BCUT2D eigenvalue weighted by Gasteiger charge is -2.31. The molecule has 0 saturated carbocycles. The Labute approximate surface area is 125 Å². The van der Waals surface area contributed by atoms with Crippen LogP contribution >= 0.6 is 22.9 Å². The SMILES string of the molecule is NC(=O)CO[C@H]1CCOC[C@H]1NC(=O)c1ccc(Cl)s1. The second kappa shape index (κ2) is 7.03. The minimum Gasteiger partial charge on any atom is -0.379 e. The molecule has 0 aromatic carbocycles. The van der Waals surface area contributed by atoms with Crippen molar-refractivity contribution >= 4 is 34.8 Å². The van der Waals surface area contributed by atoms with Gasteiger partial charge in [0, 0.05) is 6.61 Å². The monoisotopic (exact) mass is 318 g/mol. The van der Waals surface area contributed by atoms with Gasteiger partial charge in [0.2, 0.25) is 5.91 Å². The number of carbonyl (C=O) groups is 2. The molecule has 0 aliphatic carbocycles. The van der Waals surface area contributed by atoms with Crippen LogP contribution in [0.2, 0.25) is 4.34 Å². The van der Waals surface area contributed by atoms with E-state index in [1.807, 2.05) is 0 Å². The van der Waals surface area contributed by atoms with Crippen molar-refractivity contribution in [3.8, 4) is 0 Å². The number of nitrogens with two attached hydrogens (primary N) is 1. The summed E-state index contributed by atoms with van der Waals surface area (Å²) in [5, 5.41) is 2.83. The Morgan fingerprint density at radius 1 is 1.55 bits per heavy atom. The summed E-state index contributed by atoms with van der Waals surface area (Å²) in [4.78, 5) is 23.3. The number of nitrogens with one attached hydrogen (secondary N) is 1. The van der Waals surface area contributed by atoms with Crippen LogP contribution in [0.1, 0.15) is 16.1 Å². The van der Waals surface area contributed by atoms with E-state index >= 15 is 0 Å². The molecule has 110 valence electrons. The Morgan fingerprint density at radius 2 is 2.35 bits per heavy atom. The molecule has 0 bridgehead atoms. The van der Waals surface area contributed by atoms with Crippen molar-refractivity contribution in [3.63, 3.8) is 0 Å². The number of halogens is 1. The second-order valence-corrected chi connectivity index (χ2v) is 6.08. The smallest absolute Gasteiger partial charge is 0.261 e. The molecule has 2 amide bonds. The summed E-state index contributed by atoms with van der Waals surface area (Å²) in [5.74, 6) is -0.767. The fraction of sp³-hybridized carbons (Fsp3) is 0.500. The van der Waals surface area contributed by atoms with Crippen LogP contribution in [0.25, 0.3) is 0 Å². The molecule has 1 aliphatic heterocycles. The minimum absolute atomic E-state index is 0.165. The molecule has 8 heteroatoms. The fourth-order valence-electron chi connectivity index (χ4n) is 1.92. The van der Waals surface area contributed by atoms with Crippen LogP contribution in [0.5, 0.6) is 0 Å². The average molecular weight is 319 g/mol. The van der Waals surface area contributed by atoms with E-state index in [1.54, 1.807) is 12.1 Å². The number of ether oxygens (including phenoxy) is 2. The molecule has 20 heavy (non-hydrogen) atoms. The molecule has 3 N–H and O–H groups in total. The highest BCUT2D eigenvalue weighted by atomic mass is 35.5. The third-order valence-corrected chi connectivity index (χ3v) is 4.08. The van der Waals surface area contributed by atoms with Crippen molar-refractivity contribution in [1.29, 1.82) is 0 Å². The molecule has 6 nitrogen and oxygen atoms in total. The maximum Gasteiger partial charge on any atom is 0.261 e. The maximum absolute atomic E-state index is 12.0. The highest BCUT2D eigenvalue weighted by molar-refractivity contribution is 7.17. The average Bonchev–Trinajstić information content (AvgIpc) is 2.84. The van der Waals surface area contributed by atoms with Crippen molar-refractivity contribution in [2.75, 3.05) is 19.8 Å². The van der Waals surface area contributed by atoms with Crippen LogP contribution in [0.15, 0.2) is 12.1 Å². The number of thiophene rings is 1. The molecule has 2 rings (SSSR count). The van der Waals surface area contributed by atoms with E-state index in [1.165, 1.54) is 11.3 Å². The van der Waals surface area contributed by atoms with E-state index in [0.717, 1.165) is 0 Å². The van der Waals surface area contributed by atoms with E-state index in [2.05, 4.69) is 5.32 Å². The first kappa shape index (κ1) is 15.2. The zero-order valence-electron chi connectivity index (χ0n) is 10.6. The molecule has 2 atom stereocenters. The topological polar surface area (TPSA) is 90.7 Å². The van der Waals surface area contributed by atoms with E-state index in [4.69, 9.17) is 26.8 Å². The van der Waals surface area contributed by atoms with Gasteiger partial charge in [-0.1, -0.05) is 11.6 Å². The normalized spacial score (nSPS) is 22.4. The Balaban J connectivity index is 1.94. The second-order valence-electron chi connectivity index (χ2n) is 4.36. The number of primary amides is 1. The minimum atomic E-state index is -0.536. The van der Waals surface area contributed by atoms with Crippen molar-refractivity contribution in [2.24, 2.45) is 5.73 Å². The quantitative estimate of drug-likeness (QED) is 0.840. The van der Waals surface area contributed by atoms with Gasteiger partial charge < -0.3 is 20.5 Å². The predicted molar refractivity (Wildman–Crippen MR) is 75.0 cm³/mol. The Morgan fingerprint density at radius 3 is 3.00 bits per heavy atom. The van der Waals surface area contributed by atoms with Crippen LogP contribution in [0, 0.1) is 0 Å². The Bertz CT molecular complexity index is 494. The molecule has 1 fully saturated rings. The van der Waals surface area contributed by atoms with Crippen molar-refractivity contribution in [1.82, 2.24) is 5.32 Å². The van der Waals surface area contributed by atoms with Crippen LogP contribution in [-0.4, -0.2) is 43.8 Å². The van der Waals surface area contributed by atoms with Crippen molar-refractivity contribution < 1.29 is 19.1 Å². The largest absolute Gasteiger partial charge is 0.379 e. The van der Waals surface area contributed by atoms with E-state index < -0.39 is 5.91 Å². The van der Waals surface area contributed by atoms with E-state index in [0.29, 0.717) is 28.8 Å². The molecule has 0 spiro atoms. The van der Waals surface area contributed by atoms with Gasteiger partial charge in [-0.2, -0.15) is 0 Å². The highest BCUT2D eigenvalue weighted by Crippen LogP contribution is 2.22. The van der Waals surface area contributed by atoms with Crippen LogP contribution in [-0.2, 0) is 14.3 Å². The van der Waals surface area contributed by atoms with Gasteiger partial charge in [0.25, 0.3) is 5.91 Å². The zero-order chi connectivity index (χ0) is 14.5. The van der Waals surface area contributed by atoms with Crippen molar-refractivity contribution in [3.05, 3.63) is 21.3 Å². The summed E-state index contributed by atoms with van der Waals surface area (Å²) in [5.41, 5.74) is 5.05. The standard InChI is InChI=1S/C12H15ClN2O4S/c13-10-2-1-9(20-10)12(17)15-7-5-18-4-3-8(7)19-6-11(14)16/h1-2,7-8H,3-6H2,(H2,14,16)(H,15,17)/t7-,8+/m1/s1. The maximum atomic E-state index is 12.0. The van der Waals surface area contributed by atoms with Crippen LogP contribution in [0.4, 0.5) is 0 Å². The first-order valence-electron chi connectivity index (χ1n) is 6.10. The summed E-state index contributed by atoms with van der Waals surface area (Å²) in [6.45, 7) is 0.705. The van der Waals surface area contributed by atoms with Crippen LogP contribution < -0.4 is 11.1 Å². The first-order valence-corrected chi connectivity index (χ1v) is 7.29. The van der Waals surface area contributed by atoms with Gasteiger partial charge in [-0.25, -0.2) is 0 Å². The third kappa shape index (κ3) is 4.17. The molecule has 2 heterocycles. The molecule has 1 aromatic rings. The highest BCUT2D eigenvalue weighted by Gasteiger charge is 2.29. The van der Waals surface area contributed by atoms with E-state index in [-0.39, 0.29) is 24.7 Å². The Hall–Kier alpha value is -1.15. The number of amides is 2. The summed E-state index contributed by atoms with van der Waals surface area (Å²) in [6, 6.07) is 3.02. The lowest BCUT2D eigenvalue weighted by Crippen LogP contribution is -2.51. The van der Waals surface area contributed by atoms with Gasteiger partial charge >= 0.3 is 0 Å². The van der Waals surface area contributed by atoms with Gasteiger partial charge in [0.15, 0.2) is 0 Å². The summed E-state index contributed by atoms with van der Waals surface area (Å²) < 4.78 is 11.3. The fourth-order valence-corrected chi connectivity index (χ4v) is 2.86. The van der Waals surface area contributed by atoms with Gasteiger partial charge in [-0.15, -0.1) is 11.3 Å². The molecule has 1 aromatic heterocycles. The number of hydrogen-bond donors (Lipinski definition) is 2. The third-order valence-electron chi connectivity index (χ3n) is 2.85. The molecule has 1 aliphatic rings. The number of rotatable bonds is 5. The molecule has 0 radical (unpaired) electrons. The van der Waals surface area contributed by atoms with Crippen molar-refractivity contribution in [2.45, 2.75) is 18.6 Å². The van der Waals surface area contributed by atoms with E-state index in [9.17, 15) is 9.59 Å². The molecule has 1 saturated heterocycles. The zero-order valence-corrected chi connectivity index (χ0v) is 12.2. The summed E-state index contributed by atoms with van der Waals surface area (Å²) >= 11 is 7.00. The summed E-state index contributed by atoms with van der Waals surface area (Å²) in [6.07, 6.45) is 0.319. The van der Waals surface area contributed by atoms with Crippen LogP contribution in [0.3, 0.4) is 0 Å². The number of carbonyl (C=O) groups excluding carboxylic acids is 2. The predicted octanol–water partition coefficient (Wildman–Crippen LogP) is 0.791. The lowest BCUT2D eigenvalue weighted by atomic mass is 10.1. The van der Waals surface area contributed by atoms with Gasteiger partial charge in [0.05, 0.1) is 28.0 Å². The van der Waals surface area contributed by atoms with Gasteiger partial charge in [-0.3, -0.25) is 9.59 Å². The number of hydrogen-bond acceptors (Lipinski definition) is 5. The molecular formula is C12H15ClN2O4S.